The number of nitrogens with one attached hydrogen (secondary N) is 2. The van der Waals surface area contributed by atoms with Gasteiger partial charge in [-0.1, -0.05) is 44.5 Å². The van der Waals surface area contributed by atoms with Crippen molar-refractivity contribution < 1.29 is 4.79 Å². The predicted molar refractivity (Wildman–Crippen MR) is 94.6 cm³/mol. The Morgan fingerprint density at radius 2 is 2.05 bits per heavy atom. The number of carbonyl (C=O) groups excluding carboxylic acids is 1. The maximum atomic E-state index is 12.1. The fourth-order valence-corrected chi connectivity index (χ4v) is 3.49. The van der Waals surface area contributed by atoms with Gasteiger partial charge in [0.05, 0.1) is 6.54 Å². The molecule has 2 aromatic rings. The van der Waals surface area contributed by atoms with E-state index < -0.39 is 0 Å². The topological polar surface area (TPSA) is 41.1 Å². The van der Waals surface area contributed by atoms with E-state index in [0.29, 0.717) is 10.7 Å². The van der Waals surface area contributed by atoms with Crippen molar-refractivity contribution in [3.8, 4) is 0 Å². The molecule has 1 aromatic heterocycles. The second-order valence-corrected chi connectivity index (χ2v) is 7.67. The maximum Gasteiger partial charge on any atom is 0.238 e. The quantitative estimate of drug-likeness (QED) is 0.829. The van der Waals surface area contributed by atoms with Crippen LogP contribution in [0.15, 0.2) is 41.8 Å². The number of amides is 1. The largest absolute Gasteiger partial charge is 0.325 e. The Bertz CT molecular complexity index is 620. The number of anilines is 1. The Morgan fingerprint density at radius 1 is 1.27 bits per heavy atom. The Hall–Kier alpha value is -1.36. The number of benzene rings is 1. The van der Waals surface area contributed by atoms with Crippen molar-refractivity contribution in [2.24, 2.45) is 5.41 Å². The van der Waals surface area contributed by atoms with E-state index in [9.17, 15) is 4.79 Å². The van der Waals surface area contributed by atoms with E-state index in [1.807, 2.05) is 18.2 Å². The molecule has 1 unspecified atom stereocenters. The SMILES string of the molecule is CC(C)(C)C(NCC(=O)Nc1cccc(Cl)c1)c1cccs1. The molecule has 3 nitrogen and oxygen atoms in total. The highest BCUT2D eigenvalue weighted by molar-refractivity contribution is 7.10. The average Bonchev–Trinajstić information content (AvgIpc) is 2.91. The number of rotatable bonds is 5. The van der Waals surface area contributed by atoms with Crippen molar-refractivity contribution in [3.05, 3.63) is 51.7 Å². The van der Waals surface area contributed by atoms with Crippen LogP contribution >= 0.6 is 22.9 Å². The van der Waals surface area contributed by atoms with Gasteiger partial charge in [-0.15, -0.1) is 11.3 Å². The molecule has 2 rings (SSSR count). The summed E-state index contributed by atoms with van der Waals surface area (Å²) in [7, 11) is 0. The fraction of sp³-hybridized carbons (Fsp3) is 0.353. The summed E-state index contributed by atoms with van der Waals surface area (Å²) in [5, 5.41) is 8.88. The zero-order valence-electron chi connectivity index (χ0n) is 13.0. The van der Waals surface area contributed by atoms with Crippen LogP contribution in [0, 0.1) is 5.41 Å². The zero-order chi connectivity index (χ0) is 16.2. The second-order valence-electron chi connectivity index (χ2n) is 6.25. The molecule has 0 aliphatic rings. The maximum absolute atomic E-state index is 12.1. The van der Waals surface area contributed by atoms with Crippen LogP contribution in [0.25, 0.3) is 0 Å². The van der Waals surface area contributed by atoms with E-state index in [2.05, 4.69) is 42.9 Å². The van der Waals surface area contributed by atoms with Gasteiger partial charge in [-0.05, 0) is 35.1 Å². The van der Waals surface area contributed by atoms with E-state index in [4.69, 9.17) is 11.6 Å². The van der Waals surface area contributed by atoms with Gasteiger partial charge >= 0.3 is 0 Å². The van der Waals surface area contributed by atoms with Gasteiger partial charge in [0.15, 0.2) is 0 Å². The molecular weight excluding hydrogens is 316 g/mol. The lowest BCUT2D eigenvalue weighted by Gasteiger charge is -2.30. The van der Waals surface area contributed by atoms with Crippen LogP contribution in [0.4, 0.5) is 5.69 Å². The van der Waals surface area contributed by atoms with Crippen LogP contribution in [0.1, 0.15) is 31.7 Å². The highest BCUT2D eigenvalue weighted by Crippen LogP contribution is 2.34. The van der Waals surface area contributed by atoms with Gasteiger partial charge in [-0.25, -0.2) is 0 Å². The Balaban J connectivity index is 1.96. The molecule has 1 amide bonds. The molecule has 1 aromatic carbocycles. The predicted octanol–water partition coefficient (Wildman–Crippen LogP) is 4.72. The monoisotopic (exact) mass is 336 g/mol. The normalized spacial score (nSPS) is 12.9. The van der Waals surface area contributed by atoms with Crippen molar-refractivity contribution in [1.82, 2.24) is 5.32 Å². The lowest BCUT2D eigenvalue weighted by atomic mass is 9.86. The van der Waals surface area contributed by atoms with Crippen LogP contribution in [0.5, 0.6) is 0 Å². The summed E-state index contributed by atoms with van der Waals surface area (Å²) in [5.41, 5.74) is 0.740. The number of carbonyl (C=O) groups is 1. The van der Waals surface area contributed by atoms with Gasteiger partial charge in [-0.3, -0.25) is 4.79 Å². The second kappa shape index (κ2) is 7.27. The van der Waals surface area contributed by atoms with Gasteiger partial charge in [0, 0.05) is 21.6 Å². The minimum absolute atomic E-state index is 0.0290. The van der Waals surface area contributed by atoms with Crippen molar-refractivity contribution in [1.29, 1.82) is 0 Å². The number of hydrogen-bond donors (Lipinski definition) is 2. The number of thiophene rings is 1. The molecule has 0 aliphatic carbocycles. The summed E-state index contributed by atoms with van der Waals surface area (Å²) in [6, 6.07) is 11.4. The van der Waals surface area contributed by atoms with Crippen LogP contribution in [-0.2, 0) is 4.79 Å². The van der Waals surface area contributed by atoms with Crippen LogP contribution in [0.2, 0.25) is 5.02 Å². The third kappa shape index (κ3) is 4.83. The van der Waals surface area contributed by atoms with Crippen molar-refractivity contribution in [3.63, 3.8) is 0 Å². The Kier molecular flexibility index (Phi) is 5.62. The van der Waals surface area contributed by atoms with Crippen LogP contribution in [-0.4, -0.2) is 12.5 Å². The molecule has 0 saturated heterocycles. The van der Waals surface area contributed by atoms with Crippen molar-refractivity contribution in [2.75, 3.05) is 11.9 Å². The van der Waals surface area contributed by atoms with E-state index in [1.54, 1.807) is 23.5 Å². The summed E-state index contributed by atoms with van der Waals surface area (Å²) in [4.78, 5) is 13.4. The minimum Gasteiger partial charge on any atom is -0.325 e. The van der Waals surface area contributed by atoms with Gasteiger partial charge < -0.3 is 10.6 Å². The first kappa shape index (κ1) is 17.0. The third-order valence-electron chi connectivity index (χ3n) is 3.27. The molecule has 0 bridgehead atoms. The Labute approximate surface area is 140 Å². The van der Waals surface area contributed by atoms with Gasteiger partial charge in [0.1, 0.15) is 0 Å². The average molecular weight is 337 g/mol. The molecule has 0 spiro atoms. The van der Waals surface area contributed by atoms with E-state index in [1.165, 1.54) is 4.88 Å². The summed E-state index contributed by atoms with van der Waals surface area (Å²) in [6.45, 7) is 6.75. The van der Waals surface area contributed by atoms with Crippen LogP contribution in [0.3, 0.4) is 0 Å². The summed E-state index contributed by atoms with van der Waals surface area (Å²) < 4.78 is 0. The first-order valence-electron chi connectivity index (χ1n) is 7.18. The molecule has 1 atom stereocenters. The van der Waals surface area contributed by atoms with Gasteiger partial charge in [-0.2, -0.15) is 0 Å². The summed E-state index contributed by atoms with van der Waals surface area (Å²) in [6.07, 6.45) is 0. The van der Waals surface area contributed by atoms with E-state index >= 15 is 0 Å². The molecule has 1 heterocycles. The highest BCUT2D eigenvalue weighted by Gasteiger charge is 2.27. The molecule has 0 aliphatic heterocycles. The van der Waals surface area contributed by atoms with Gasteiger partial charge in [0.2, 0.25) is 5.91 Å². The zero-order valence-corrected chi connectivity index (χ0v) is 14.6. The molecule has 0 radical (unpaired) electrons. The molecular formula is C17H21ClN2OS. The molecule has 0 fully saturated rings. The lowest BCUT2D eigenvalue weighted by molar-refractivity contribution is -0.115. The lowest BCUT2D eigenvalue weighted by Crippen LogP contribution is -2.37. The van der Waals surface area contributed by atoms with Gasteiger partial charge in [0.25, 0.3) is 0 Å². The van der Waals surface area contributed by atoms with Crippen molar-refractivity contribution >= 4 is 34.5 Å². The highest BCUT2D eigenvalue weighted by atomic mass is 35.5. The van der Waals surface area contributed by atoms with E-state index in [0.717, 1.165) is 0 Å². The first-order valence-corrected chi connectivity index (χ1v) is 8.44. The first-order chi connectivity index (χ1) is 10.4. The molecule has 2 N–H and O–H groups in total. The molecule has 5 heteroatoms. The summed E-state index contributed by atoms with van der Waals surface area (Å²) >= 11 is 7.62. The summed E-state index contributed by atoms with van der Waals surface area (Å²) in [5.74, 6) is -0.0759. The minimum atomic E-state index is -0.0759. The number of hydrogen-bond acceptors (Lipinski definition) is 3. The molecule has 22 heavy (non-hydrogen) atoms. The standard InChI is InChI=1S/C17H21ClN2OS/c1-17(2,3)16(14-8-5-9-22-14)19-11-15(21)20-13-7-4-6-12(18)10-13/h4-10,16,19H,11H2,1-3H3,(H,20,21). The fourth-order valence-electron chi connectivity index (χ4n) is 2.26. The Morgan fingerprint density at radius 3 is 2.64 bits per heavy atom. The van der Waals surface area contributed by atoms with Crippen molar-refractivity contribution in [2.45, 2.75) is 26.8 Å². The molecule has 118 valence electrons. The van der Waals surface area contributed by atoms with Crippen LogP contribution < -0.4 is 10.6 Å². The molecule has 0 saturated carbocycles. The van der Waals surface area contributed by atoms with E-state index in [-0.39, 0.29) is 23.9 Å². The number of halogens is 1. The third-order valence-corrected chi connectivity index (χ3v) is 4.44. The smallest absolute Gasteiger partial charge is 0.238 e.